The third-order valence-electron chi connectivity index (χ3n) is 6.19. The van der Waals surface area contributed by atoms with Crippen molar-refractivity contribution < 1.29 is 0 Å². The van der Waals surface area contributed by atoms with Crippen LogP contribution in [0.2, 0.25) is 0 Å². The number of unbranched alkanes of at least 4 members (excludes halogenated alkanes) is 1. The molecular weight excluding hydrogens is 280 g/mol. The Labute approximate surface area is 144 Å². The molecule has 0 spiro atoms. The van der Waals surface area contributed by atoms with E-state index in [-0.39, 0.29) is 16.2 Å². The summed E-state index contributed by atoms with van der Waals surface area (Å²) >= 11 is 0. The fourth-order valence-electron chi connectivity index (χ4n) is 3.13. The number of imidazole rings is 1. The van der Waals surface area contributed by atoms with Crippen molar-refractivity contribution in [3.05, 3.63) is 17.2 Å². The lowest BCUT2D eigenvalue weighted by Gasteiger charge is -2.30. The first kappa shape index (κ1) is 20.3. The van der Waals surface area contributed by atoms with Gasteiger partial charge in [0.15, 0.2) is 0 Å². The molecule has 1 rings (SSSR count). The lowest BCUT2D eigenvalue weighted by molar-refractivity contribution is 0.407. The minimum absolute atomic E-state index is 0.121. The molecule has 1 aromatic rings. The molecule has 0 radical (unpaired) electrons. The van der Waals surface area contributed by atoms with E-state index in [1.807, 2.05) is 0 Å². The quantitative estimate of drug-likeness (QED) is 0.542. The van der Waals surface area contributed by atoms with Crippen molar-refractivity contribution in [3.63, 3.8) is 0 Å². The molecule has 0 fully saturated rings. The molecule has 2 nitrogen and oxygen atoms in total. The number of aromatic nitrogens is 2. The first-order valence-electron chi connectivity index (χ1n) is 9.69. The monoisotopic (exact) mass is 320 g/mol. The van der Waals surface area contributed by atoms with Crippen LogP contribution >= 0.6 is 0 Å². The summed E-state index contributed by atoms with van der Waals surface area (Å²) in [6, 6.07) is 0. The van der Waals surface area contributed by atoms with Gasteiger partial charge in [0.1, 0.15) is 5.82 Å². The largest absolute Gasteiger partial charge is 0.345 e. The molecule has 1 aromatic heterocycles. The van der Waals surface area contributed by atoms with Gasteiger partial charge in [-0.15, -0.1) is 0 Å². The van der Waals surface area contributed by atoms with Crippen molar-refractivity contribution in [1.82, 2.24) is 9.97 Å². The number of rotatable bonds is 9. The highest BCUT2D eigenvalue weighted by Gasteiger charge is 2.36. The van der Waals surface area contributed by atoms with Gasteiger partial charge >= 0.3 is 0 Å². The SMILES string of the molecule is CCCCC(C)(C)c1[nH]c(C(C)(CC)CC)nc1C(C)(C)CC. The van der Waals surface area contributed by atoms with Crippen LogP contribution in [0.25, 0.3) is 0 Å². The Morgan fingerprint density at radius 1 is 0.826 bits per heavy atom. The summed E-state index contributed by atoms with van der Waals surface area (Å²) in [5.74, 6) is 1.19. The minimum Gasteiger partial charge on any atom is -0.345 e. The van der Waals surface area contributed by atoms with Gasteiger partial charge in [-0.1, -0.05) is 75.2 Å². The number of aromatic amines is 1. The third kappa shape index (κ3) is 4.19. The fourth-order valence-corrected chi connectivity index (χ4v) is 3.13. The topological polar surface area (TPSA) is 28.7 Å². The van der Waals surface area contributed by atoms with Crippen LogP contribution in [-0.2, 0) is 16.2 Å². The number of nitrogens with one attached hydrogen (secondary N) is 1. The molecule has 1 N–H and O–H groups in total. The second kappa shape index (κ2) is 7.40. The summed E-state index contributed by atoms with van der Waals surface area (Å²) in [6.45, 7) is 20.9. The maximum absolute atomic E-state index is 5.19. The minimum atomic E-state index is 0.121. The van der Waals surface area contributed by atoms with Crippen LogP contribution < -0.4 is 0 Å². The second-order valence-electron chi connectivity index (χ2n) is 8.80. The molecule has 0 bridgehead atoms. The molecule has 2 heteroatoms. The van der Waals surface area contributed by atoms with Crippen LogP contribution in [-0.4, -0.2) is 9.97 Å². The van der Waals surface area contributed by atoms with Crippen molar-refractivity contribution >= 4 is 0 Å². The van der Waals surface area contributed by atoms with Crippen molar-refractivity contribution in [2.45, 2.75) is 117 Å². The van der Waals surface area contributed by atoms with Crippen LogP contribution in [0.15, 0.2) is 0 Å². The normalized spacial score (nSPS) is 13.6. The van der Waals surface area contributed by atoms with Gasteiger partial charge in [-0.3, -0.25) is 0 Å². The van der Waals surface area contributed by atoms with Crippen LogP contribution in [0.5, 0.6) is 0 Å². The average molecular weight is 321 g/mol. The van der Waals surface area contributed by atoms with Gasteiger partial charge in [0, 0.05) is 21.9 Å². The molecule has 0 saturated carbocycles. The molecule has 0 atom stereocenters. The van der Waals surface area contributed by atoms with Gasteiger partial charge in [0.2, 0.25) is 0 Å². The highest BCUT2D eigenvalue weighted by atomic mass is 15.0. The summed E-state index contributed by atoms with van der Waals surface area (Å²) in [5.41, 5.74) is 3.10. The second-order valence-corrected chi connectivity index (χ2v) is 8.80. The highest BCUT2D eigenvalue weighted by Crippen LogP contribution is 2.40. The van der Waals surface area contributed by atoms with E-state index in [1.165, 1.54) is 36.5 Å². The predicted molar refractivity (Wildman–Crippen MR) is 102 cm³/mol. The molecule has 0 aliphatic rings. The molecule has 0 aliphatic carbocycles. The smallest absolute Gasteiger partial charge is 0.112 e. The van der Waals surface area contributed by atoms with E-state index in [1.54, 1.807) is 0 Å². The summed E-state index contributed by atoms with van der Waals surface area (Å²) in [6.07, 6.45) is 7.09. The van der Waals surface area contributed by atoms with Crippen LogP contribution in [0.3, 0.4) is 0 Å². The first-order valence-corrected chi connectivity index (χ1v) is 9.69. The van der Waals surface area contributed by atoms with Crippen molar-refractivity contribution in [2.75, 3.05) is 0 Å². The summed E-state index contributed by atoms with van der Waals surface area (Å²) in [7, 11) is 0. The van der Waals surface area contributed by atoms with Crippen LogP contribution in [0, 0.1) is 0 Å². The Bertz CT molecular complexity index is 490. The van der Waals surface area contributed by atoms with Crippen LogP contribution in [0.4, 0.5) is 0 Å². The molecule has 0 aromatic carbocycles. The number of hydrogen-bond donors (Lipinski definition) is 1. The number of H-pyrrole nitrogens is 1. The Kier molecular flexibility index (Phi) is 6.52. The fraction of sp³-hybridized carbons (Fsp3) is 0.857. The lowest BCUT2D eigenvalue weighted by atomic mass is 9.76. The Balaban J connectivity index is 3.46. The van der Waals surface area contributed by atoms with Crippen LogP contribution in [0.1, 0.15) is 118 Å². The van der Waals surface area contributed by atoms with E-state index in [0.29, 0.717) is 0 Å². The summed E-state index contributed by atoms with van der Waals surface area (Å²) in [4.78, 5) is 8.99. The van der Waals surface area contributed by atoms with Crippen molar-refractivity contribution in [3.8, 4) is 0 Å². The van der Waals surface area contributed by atoms with E-state index in [0.717, 1.165) is 19.3 Å². The predicted octanol–water partition coefficient (Wildman–Crippen LogP) is 6.64. The maximum Gasteiger partial charge on any atom is 0.112 e. The molecule has 0 saturated heterocycles. The zero-order valence-electron chi connectivity index (χ0n) is 17.2. The Hall–Kier alpha value is -0.790. The van der Waals surface area contributed by atoms with E-state index < -0.39 is 0 Å². The van der Waals surface area contributed by atoms with Gasteiger partial charge in [-0.2, -0.15) is 0 Å². The summed E-state index contributed by atoms with van der Waals surface area (Å²) < 4.78 is 0. The van der Waals surface area contributed by atoms with E-state index in [9.17, 15) is 0 Å². The van der Waals surface area contributed by atoms with E-state index >= 15 is 0 Å². The van der Waals surface area contributed by atoms with Gasteiger partial charge in [0.05, 0.1) is 5.69 Å². The standard InChI is InChI=1S/C21H40N2/c1-10-14-15-20(7,8)17-16(19(5,6)11-2)22-18(23-17)21(9,12-3)13-4/h10-15H2,1-9H3,(H,22,23). The zero-order valence-corrected chi connectivity index (χ0v) is 17.2. The highest BCUT2D eigenvalue weighted by molar-refractivity contribution is 5.31. The van der Waals surface area contributed by atoms with E-state index in [4.69, 9.17) is 4.98 Å². The van der Waals surface area contributed by atoms with Crippen molar-refractivity contribution in [2.24, 2.45) is 0 Å². The molecule has 134 valence electrons. The average Bonchev–Trinajstić information content (AvgIpc) is 2.99. The van der Waals surface area contributed by atoms with Gasteiger partial charge in [0.25, 0.3) is 0 Å². The maximum atomic E-state index is 5.19. The molecule has 0 aliphatic heterocycles. The Morgan fingerprint density at radius 2 is 1.39 bits per heavy atom. The number of nitrogens with zero attached hydrogens (tertiary/aromatic N) is 1. The molecule has 23 heavy (non-hydrogen) atoms. The third-order valence-corrected chi connectivity index (χ3v) is 6.19. The van der Waals surface area contributed by atoms with Gasteiger partial charge < -0.3 is 4.98 Å². The first-order chi connectivity index (χ1) is 10.6. The molecule has 0 amide bonds. The Morgan fingerprint density at radius 3 is 1.83 bits per heavy atom. The zero-order chi connectivity index (χ0) is 17.9. The van der Waals surface area contributed by atoms with E-state index in [2.05, 4.69) is 67.3 Å². The number of hydrogen-bond acceptors (Lipinski definition) is 1. The molecule has 0 unspecified atom stereocenters. The molecular formula is C21H40N2. The van der Waals surface area contributed by atoms with Gasteiger partial charge in [-0.25, -0.2) is 4.98 Å². The summed E-state index contributed by atoms with van der Waals surface area (Å²) in [5, 5.41) is 0. The molecule has 1 heterocycles. The van der Waals surface area contributed by atoms with Gasteiger partial charge in [-0.05, 0) is 25.7 Å². The van der Waals surface area contributed by atoms with Crippen molar-refractivity contribution in [1.29, 1.82) is 0 Å². The lowest BCUT2D eigenvalue weighted by Crippen LogP contribution is -2.26.